The van der Waals surface area contributed by atoms with E-state index in [4.69, 9.17) is 16.9 Å². The van der Waals surface area contributed by atoms with Gasteiger partial charge < -0.3 is 94.8 Å². The van der Waals surface area contributed by atoms with Gasteiger partial charge in [-0.15, -0.1) is 0 Å². The molecule has 0 spiro atoms. The Hall–Kier alpha value is -11.8. The summed E-state index contributed by atoms with van der Waals surface area (Å²) in [5, 5.41) is 82.3. The number of benzene rings is 5. The molecule has 0 fully saturated rings. The lowest BCUT2D eigenvalue weighted by Gasteiger charge is -2.28. The Morgan fingerprint density at radius 1 is 0.439 bits per heavy atom. The first-order chi connectivity index (χ1) is 46.7. The van der Waals surface area contributed by atoms with Crippen molar-refractivity contribution in [1.82, 2.24) is 57.8 Å². The van der Waals surface area contributed by atoms with E-state index in [0.717, 1.165) is 0 Å². The Kier molecular flexibility index (Phi) is 26.3. The number of phenolic OH excluding ortho intramolecular Hbond substituents is 2. The fourth-order valence-electron chi connectivity index (χ4n) is 10.8. The quantitative estimate of drug-likeness (QED) is 0.0146. The molecule has 8 amide bonds. The summed E-state index contributed by atoms with van der Waals surface area (Å²) in [6.45, 7) is 3.50. The minimum Gasteiger partial charge on any atom is -0.508 e. The molecule has 30 nitrogen and oxygen atoms in total. The van der Waals surface area contributed by atoms with E-state index < -0.39 is 145 Å². The van der Waals surface area contributed by atoms with E-state index >= 15 is 0 Å². The predicted molar refractivity (Wildman–Crippen MR) is 357 cm³/mol. The third kappa shape index (κ3) is 21.9. The van der Waals surface area contributed by atoms with Crippen LogP contribution in [0.5, 0.6) is 11.5 Å². The van der Waals surface area contributed by atoms with Gasteiger partial charge in [-0.25, -0.2) is 4.79 Å². The summed E-state index contributed by atoms with van der Waals surface area (Å²) in [6.07, 6.45) is -0.141. The van der Waals surface area contributed by atoms with Gasteiger partial charge >= 0.3 is 17.9 Å². The largest absolute Gasteiger partial charge is 0.508 e. The first-order valence-corrected chi connectivity index (χ1v) is 31.3. The number of aromatic nitrogens is 2. The second-order valence-electron chi connectivity index (χ2n) is 23.8. The third-order valence-corrected chi connectivity index (χ3v) is 16.0. The van der Waals surface area contributed by atoms with Crippen molar-refractivity contribution >= 4 is 92.9 Å². The number of hydrogen-bond donors (Lipinski definition) is 19. The first kappa shape index (κ1) is 73.6. The molecule has 0 radical (unpaired) electrons. The summed E-state index contributed by atoms with van der Waals surface area (Å²) >= 11 is 0. The number of amides is 8. The number of guanidine groups is 1. The molecule has 7 rings (SSSR count). The summed E-state index contributed by atoms with van der Waals surface area (Å²) in [5.74, 6) is -14.3. The molecule has 0 aliphatic rings. The molecule has 2 aromatic heterocycles. The van der Waals surface area contributed by atoms with Gasteiger partial charge in [0.1, 0.15) is 59.8 Å². The fraction of sp³-hybridized carbons (Fsp3) is 0.324. The van der Waals surface area contributed by atoms with Gasteiger partial charge in [0, 0.05) is 72.8 Å². The normalized spacial score (nSPS) is 13.9. The van der Waals surface area contributed by atoms with Crippen LogP contribution in [0.4, 0.5) is 0 Å². The highest BCUT2D eigenvalue weighted by Crippen LogP contribution is 2.22. The van der Waals surface area contributed by atoms with Gasteiger partial charge in [0.25, 0.3) is 0 Å². The zero-order valence-electron chi connectivity index (χ0n) is 53.5. The van der Waals surface area contributed by atoms with Crippen molar-refractivity contribution in [2.45, 2.75) is 126 Å². The van der Waals surface area contributed by atoms with Crippen LogP contribution < -0.4 is 59.3 Å². The number of nitrogens with one attached hydrogen (secondary N) is 12. The van der Waals surface area contributed by atoms with E-state index in [-0.39, 0.29) is 56.1 Å². The molecule has 7 aromatic rings. The zero-order valence-corrected chi connectivity index (χ0v) is 53.5. The Morgan fingerprint density at radius 2 is 0.796 bits per heavy atom. The van der Waals surface area contributed by atoms with E-state index in [1.807, 2.05) is 0 Å². The molecule has 0 saturated carbocycles. The molecule has 2 heterocycles. The van der Waals surface area contributed by atoms with Crippen molar-refractivity contribution in [1.29, 1.82) is 5.41 Å². The van der Waals surface area contributed by atoms with Crippen molar-refractivity contribution in [3.8, 4) is 11.5 Å². The SMILES string of the molecule is CC(C)[C@H](NC(=O)[C@@H](N)CCCNC(=N)N)C(=O)N[C@@H](Cc1c[nH]c2ccccc12)C(=O)N[C@@H](CC(=O)O)C(=O)N[C@@H](Cc1ccc(O)cc1)C(=O)N[C@@H](Cc1ccccc1)C(=O)N[C@@H](CC(=O)O)C(=O)N[C@@H](Cc1ccc(O)cc1)C(=O)N[C@@H](Cc1c[nH]c2ccccc12)C(=O)O. The van der Waals surface area contributed by atoms with Crippen LogP contribution in [-0.2, 0) is 84.8 Å². The number of H-pyrrole nitrogens is 2. The number of carboxylic acid groups (broad SMARTS) is 3. The van der Waals surface area contributed by atoms with Crippen molar-refractivity contribution in [3.63, 3.8) is 0 Å². The van der Waals surface area contributed by atoms with Crippen LogP contribution in [0.3, 0.4) is 0 Å². The molecule has 0 aliphatic heterocycles. The van der Waals surface area contributed by atoms with Crippen LogP contribution in [0, 0.1) is 11.3 Å². The minimum absolute atomic E-state index is 0.138. The van der Waals surface area contributed by atoms with Crippen LogP contribution in [0.15, 0.2) is 140 Å². The number of carboxylic acids is 3. The Bertz CT molecular complexity index is 3990. The summed E-state index contributed by atoms with van der Waals surface area (Å²) in [5.41, 5.74) is 15.0. The molecule has 5 aromatic carbocycles. The Morgan fingerprint density at radius 3 is 1.20 bits per heavy atom. The Labute approximate surface area is 561 Å². The average Bonchev–Trinajstić information content (AvgIpc) is 1.64. The van der Waals surface area contributed by atoms with Gasteiger partial charge in [0.05, 0.1) is 18.9 Å². The van der Waals surface area contributed by atoms with Gasteiger partial charge in [-0.1, -0.05) is 105 Å². The zero-order chi connectivity index (χ0) is 71.2. The van der Waals surface area contributed by atoms with Crippen LogP contribution in [-0.4, -0.2) is 168 Å². The molecule has 0 saturated heterocycles. The first-order valence-electron chi connectivity index (χ1n) is 31.3. The molecule has 0 unspecified atom stereocenters. The van der Waals surface area contributed by atoms with E-state index in [0.29, 0.717) is 56.0 Å². The molecule has 0 bridgehead atoms. The topological polar surface area (TPSA) is 505 Å². The summed E-state index contributed by atoms with van der Waals surface area (Å²) in [6, 6.07) is 18.2. The second-order valence-corrected chi connectivity index (χ2v) is 23.8. The van der Waals surface area contributed by atoms with E-state index in [1.54, 1.807) is 105 Å². The van der Waals surface area contributed by atoms with Crippen molar-refractivity contribution < 1.29 is 78.3 Å². The lowest BCUT2D eigenvalue weighted by atomic mass is 9.99. The number of para-hydroxylation sites is 2. The summed E-state index contributed by atoms with van der Waals surface area (Å²) in [7, 11) is 0. The number of nitrogens with two attached hydrogens (primary N) is 2. The van der Waals surface area contributed by atoms with E-state index in [9.17, 15) is 78.3 Å². The number of carbonyl (C=O) groups excluding carboxylic acids is 8. The molecule has 0 aliphatic carbocycles. The lowest BCUT2D eigenvalue weighted by molar-refractivity contribution is -0.143. The standard InChI is InChI=1S/C68H80N14O16/c1-36(2)58(82-59(89)46(69)15-10-26-72-68(70)71)66(96)80-52(30-40-34-73-47-16-8-6-13-44(40)47)63(93)79-54(33-57(87)88)65(95)76-50(28-38-18-22-42(83)23-19-38)60(90)75-49(27-37-11-4-3-5-12-37)61(91)78-53(32-56(85)86)64(94)77-51(29-39-20-24-43(84)25-21-39)62(92)81-55(67(97)98)31-41-35-74-48-17-9-7-14-45(41)48/h3-9,11-14,16-25,34-36,46,49-55,58,73-74,83-84H,10,15,26-33,69H2,1-2H3,(H,75,90)(H,76,95)(H,77,94)(H,78,91)(H,79,93)(H,80,96)(H,81,92)(H,82,89)(H,85,86)(H,87,88)(H,97,98)(H4,70,71,72)/t46-,49-,50-,51-,52-,53-,54-,55-,58-/m0/s1. The predicted octanol–water partition coefficient (Wildman–Crippen LogP) is 0.733. The maximum atomic E-state index is 14.9. The summed E-state index contributed by atoms with van der Waals surface area (Å²) < 4.78 is 0. The van der Waals surface area contributed by atoms with Crippen molar-refractivity contribution in [3.05, 3.63) is 168 Å². The number of aromatic amines is 2. The number of aromatic hydroxyl groups is 2. The molecular weight excluding hydrogens is 1270 g/mol. The maximum absolute atomic E-state index is 14.9. The van der Waals surface area contributed by atoms with Gasteiger partial charge in [-0.2, -0.15) is 0 Å². The second kappa shape index (κ2) is 35.1. The number of carbonyl (C=O) groups is 11. The molecular formula is C68H80N14O16. The molecule has 30 heteroatoms. The van der Waals surface area contributed by atoms with Gasteiger partial charge in [-0.05, 0) is 83.0 Å². The van der Waals surface area contributed by atoms with E-state index in [1.165, 1.54) is 48.5 Å². The smallest absolute Gasteiger partial charge is 0.326 e. The molecule has 518 valence electrons. The molecule has 9 atom stereocenters. The monoisotopic (exact) mass is 1350 g/mol. The number of aliphatic carboxylic acids is 3. The van der Waals surface area contributed by atoms with Crippen molar-refractivity contribution in [2.24, 2.45) is 17.4 Å². The van der Waals surface area contributed by atoms with Gasteiger partial charge in [0.2, 0.25) is 47.3 Å². The Balaban J connectivity index is 1.14. The highest BCUT2D eigenvalue weighted by atomic mass is 16.4. The number of phenols is 2. The van der Waals surface area contributed by atoms with Crippen LogP contribution in [0.1, 0.15) is 67.3 Å². The van der Waals surface area contributed by atoms with Crippen LogP contribution in [0.25, 0.3) is 21.8 Å². The third-order valence-electron chi connectivity index (χ3n) is 16.0. The van der Waals surface area contributed by atoms with Crippen molar-refractivity contribution in [2.75, 3.05) is 6.54 Å². The van der Waals surface area contributed by atoms with Gasteiger partial charge in [0.15, 0.2) is 5.96 Å². The highest BCUT2D eigenvalue weighted by Gasteiger charge is 2.38. The fourth-order valence-corrected chi connectivity index (χ4v) is 10.8. The van der Waals surface area contributed by atoms with Gasteiger partial charge in [-0.3, -0.25) is 53.4 Å². The number of fused-ring (bicyclic) bond motifs is 2. The number of rotatable bonds is 36. The minimum atomic E-state index is -2.00. The maximum Gasteiger partial charge on any atom is 0.326 e. The van der Waals surface area contributed by atoms with Crippen LogP contribution in [0.2, 0.25) is 0 Å². The molecule has 21 N–H and O–H groups in total. The number of hydrogen-bond acceptors (Lipinski definition) is 15. The lowest BCUT2D eigenvalue weighted by Crippen LogP contribution is -2.61. The van der Waals surface area contributed by atoms with E-state index in [2.05, 4.69) is 57.8 Å². The van der Waals surface area contributed by atoms with Crippen LogP contribution >= 0.6 is 0 Å². The molecule has 98 heavy (non-hydrogen) atoms. The summed E-state index contributed by atoms with van der Waals surface area (Å²) in [4.78, 5) is 160. The highest BCUT2D eigenvalue weighted by molar-refractivity contribution is 6.00. The average molecular weight is 1350 g/mol.